The third-order valence-corrected chi connectivity index (χ3v) is 2.68. The summed E-state index contributed by atoms with van der Waals surface area (Å²) in [5.41, 5.74) is 0.704. The predicted molar refractivity (Wildman–Crippen MR) is 83.2 cm³/mol. The van der Waals surface area contributed by atoms with Gasteiger partial charge in [0.15, 0.2) is 5.78 Å². The molecule has 0 unspecified atom stereocenters. The Morgan fingerprint density at radius 3 is 2.29 bits per heavy atom. The summed E-state index contributed by atoms with van der Waals surface area (Å²) in [5.74, 6) is -0.499. The molecular formula is C17H23NO3. The quantitative estimate of drug-likeness (QED) is 0.497. The van der Waals surface area contributed by atoms with Crippen LogP contribution in [0.1, 0.15) is 38.1 Å². The van der Waals surface area contributed by atoms with Crippen LogP contribution in [0.3, 0.4) is 0 Å². The lowest BCUT2D eigenvalue weighted by molar-refractivity contribution is -0.153. The molecule has 0 amide bonds. The second kappa shape index (κ2) is 7.18. The minimum atomic E-state index is -0.597. The Kier molecular flexibility index (Phi) is 5.85. The van der Waals surface area contributed by atoms with Crippen molar-refractivity contribution < 1.29 is 14.3 Å². The van der Waals surface area contributed by atoms with E-state index in [1.165, 1.54) is 0 Å². The Morgan fingerprint density at radius 2 is 1.81 bits per heavy atom. The highest BCUT2D eigenvalue weighted by Gasteiger charge is 2.23. The fourth-order valence-electron chi connectivity index (χ4n) is 1.82. The molecule has 0 radical (unpaired) electrons. The SMILES string of the molecule is C=C(C)[C@H](NCC(=O)OC(C)(C)C)C(=O)c1ccccc1. The van der Waals surface area contributed by atoms with E-state index in [-0.39, 0.29) is 12.3 Å². The number of nitrogens with one attached hydrogen (secondary N) is 1. The summed E-state index contributed by atoms with van der Waals surface area (Å²) in [7, 11) is 0. The predicted octanol–water partition coefficient (Wildman–Crippen LogP) is 2.75. The monoisotopic (exact) mass is 289 g/mol. The van der Waals surface area contributed by atoms with Crippen LogP contribution in [0, 0.1) is 0 Å². The molecule has 0 aliphatic heterocycles. The number of hydrogen-bond acceptors (Lipinski definition) is 4. The van der Waals surface area contributed by atoms with Crippen molar-refractivity contribution in [1.82, 2.24) is 5.32 Å². The van der Waals surface area contributed by atoms with Crippen LogP contribution in [0.25, 0.3) is 0 Å². The first-order valence-electron chi connectivity index (χ1n) is 6.90. The highest BCUT2D eigenvalue weighted by atomic mass is 16.6. The fraction of sp³-hybridized carbons (Fsp3) is 0.412. The smallest absolute Gasteiger partial charge is 0.320 e. The molecule has 0 aliphatic carbocycles. The molecule has 0 fully saturated rings. The van der Waals surface area contributed by atoms with Gasteiger partial charge < -0.3 is 4.74 Å². The first-order chi connectivity index (χ1) is 9.70. The van der Waals surface area contributed by atoms with Gasteiger partial charge in [0.2, 0.25) is 0 Å². The number of carbonyl (C=O) groups is 2. The highest BCUT2D eigenvalue weighted by molar-refractivity contribution is 6.02. The molecule has 4 heteroatoms. The number of Topliss-reactive ketones (excluding diaryl/α,β-unsaturated/α-hetero) is 1. The third kappa shape index (κ3) is 5.92. The number of ether oxygens (including phenoxy) is 1. The first kappa shape index (κ1) is 17.1. The van der Waals surface area contributed by atoms with Crippen LogP contribution in [-0.4, -0.2) is 29.9 Å². The number of hydrogen-bond donors (Lipinski definition) is 1. The van der Waals surface area contributed by atoms with E-state index in [1.54, 1.807) is 52.0 Å². The van der Waals surface area contributed by atoms with Gasteiger partial charge in [0.1, 0.15) is 5.60 Å². The van der Waals surface area contributed by atoms with E-state index in [0.29, 0.717) is 11.1 Å². The van der Waals surface area contributed by atoms with E-state index in [0.717, 1.165) is 0 Å². The normalized spacial score (nSPS) is 12.6. The molecule has 0 saturated carbocycles. The van der Waals surface area contributed by atoms with Gasteiger partial charge in [-0.3, -0.25) is 14.9 Å². The van der Waals surface area contributed by atoms with E-state index >= 15 is 0 Å². The van der Waals surface area contributed by atoms with Crippen LogP contribution in [0.2, 0.25) is 0 Å². The Morgan fingerprint density at radius 1 is 1.24 bits per heavy atom. The summed E-state index contributed by atoms with van der Waals surface area (Å²) >= 11 is 0. The zero-order valence-electron chi connectivity index (χ0n) is 13.1. The van der Waals surface area contributed by atoms with Crippen molar-refractivity contribution in [2.24, 2.45) is 0 Å². The van der Waals surface area contributed by atoms with E-state index in [1.807, 2.05) is 6.07 Å². The van der Waals surface area contributed by atoms with Gasteiger partial charge in [0.25, 0.3) is 0 Å². The van der Waals surface area contributed by atoms with Gasteiger partial charge in [0, 0.05) is 5.56 Å². The highest BCUT2D eigenvalue weighted by Crippen LogP contribution is 2.10. The van der Waals surface area contributed by atoms with Gasteiger partial charge in [-0.2, -0.15) is 0 Å². The summed E-state index contributed by atoms with van der Waals surface area (Å²) in [6.07, 6.45) is 0. The molecule has 1 atom stereocenters. The molecular weight excluding hydrogens is 266 g/mol. The lowest BCUT2D eigenvalue weighted by Crippen LogP contribution is -2.42. The van der Waals surface area contributed by atoms with Crippen LogP contribution < -0.4 is 5.32 Å². The Hall–Kier alpha value is -1.94. The zero-order valence-corrected chi connectivity index (χ0v) is 13.1. The summed E-state index contributed by atoms with van der Waals surface area (Å²) in [6.45, 7) is 10.9. The number of carbonyl (C=O) groups excluding carboxylic acids is 2. The zero-order chi connectivity index (χ0) is 16.0. The molecule has 114 valence electrons. The Labute approximate surface area is 126 Å². The van der Waals surface area contributed by atoms with Crippen molar-refractivity contribution in [3.05, 3.63) is 48.0 Å². The Bertz CT molecular complexity index is 515. The van der Waals surface area contributed by atoms with Crippen LogP contribution in [0.15, 0.2) is 42.5 Å². The second-order valence-corrected chi connectivity index (χ2v) is 5.98. The van der Waals surface area contributed by atoms with Gasteiger partial charge in [-0.25, -0.2) is 0 Å². The minimum Gasteiger partial charge on any atom is -0.459 e. The Balaban J connectivity index is 2.69. The standard InChI is InChI=1S/C17H23NO3/c1-12(2)15(16(20)13-9-7-6-8-10-13)18-11-14(19)21-17(3,4)5/h6-10,15,18H,1,11H2,2-5H3/t15-/m0/s1. The average Bonchev–Trinajstić information content (AvgIpc) is 2.37. The fourth-order valence-corrected chi connectivity index (χ4v) is 1.82. The van der Waals surface area contributed by atoms with Crippen LogP contribution in [0.4, 0.5) is 0 Å². The van der Waals surface area contributed by atoms with Crippen molar-refractivity contribution in [1.29, 1.82) is 0 Å². The van der Waals surface area contributed by atoms with Gasteiger partial charge in [-0.1, -0.05) is 42.5 Å². The van der Waals surface area contributed by atoms with Crippen LogP contribution >= 0.6 is 0 Å². The average molecular weight is 289 g/mol. The van der Waals surface area contributed by atoms with E-state index in [2.05, 4.69) is 11.9 Å². The van der Waals surface area contributed by atoms with Gasteiger partial charge >= 0.3 is 5.97 Å². The molecule has 1 aromatic carbocycles. The maximum Gasteiger partial charge on any atom is 0.320 e. The lowest BCUT2D eigenvalue weighted by atomic mass is 9.99. The molecule has 1 aromatic rings. The first-order valence-corrected chi connectivity index (χ1v) is 6.90. The third-order valence-electron chi connectivity index (χ3n) is 2.68. The molecule has 21 heavy (non-hydrogen) atoms. The molecule has 4 nitrogen and oxygen atoms in total. The largest absolute Gasteiger partial charge is 0.459 e. The van der Waals surface area contributed by atoms with Gasteiger partial charge in [-0.05, 0) is 27.7 Å². The van der Waals surface area contributed by atoms with Crippen molar-refractivity contribution >= 4 is 11.8 Å². The number of ketones is 1. The van der Waals surface area contributed by atoms with Crippen molar-refractivity contribution in [2.75, 3.05) is 6.54 Å². The van der Waals surface area contributed by atoms with Crippen molar-refractivity contribution in [2.45, 2.75) is 39.3 Å². The number of esters is 1. The van der Waals surface area contributed by atoms with Crippen molar-refractivity contribution in [3.8, 4) is 0 Å². The van der Waals surface area contributed by atoms with Crippen LogP contribution in [-0.2, 0) is 9.53 Å². The van der Waals surface area contributed by atoms with Gasteiger partial charge in [0.05, 0.1) is 12.6 Å². The van der Waals surface area contributed by atoms with Gasteiger partial charge in [-0.15, -0.1) is 0 Å². The van der Waals surface area contributed by atoms with E-state index < -0.39 is 17.6 Å². The van der Waals surface area contributed by atoms with E-state index in [4.69, 9.17) is 4.74 Å². The molecule has 0 heterocycles. The maximum absolute atomic E-state index is 12.4. The second-order valence-electron chi connectivity index (χ2n) is 5.98. The summed E-state index contributed by atoms with van der Waals surface area (Å²) in [5, 5.41) is 2.92. The summed E-state index contributed by atoms with van der Waals surface area (Å²) in [6, 6.07) is 8.34. The lowest BCUT2D eigenvalue weighted by Gasteiger charge is -2.22. The van der Waals surface area contributed by atoms with E-state index in [9.17, 15) is 9.59 Å². The summed E-state index contributed by atoms with van der Waals surface area (Å²) in [4.78, 5) is 24.1. The molecule has 1 N–H and O–H groups in total. The van der Waals surface area contributed by atoms with Crippen molar-refractivity contribution in [3.63, 3.8) is 0 Å². The number of benzene rings is 1. The molecule has 0 aromatic heterocycles. The molecule has 0 aliphatic rings. The topological polar surface area (TPSA) is 55.4 Å². The number of rotatable bonds is 6. The molecule has 0 bridgehead atoms. The molecule has 0 spiro atoms. The molecule has 1 rings (SSSR count). The van der Waals surface area contributed by atoms with Crippen LogP contribution in [0.5, 0.6) is 0 Å². The maximum atomic E-state index is 12.4. The minimum absolute atomic E-state index is 0.0344. The molecule has 0 saturated heterocycles. The summed E-state index contributed by atoms with van der Waals surface area (Å²) < 4.78 is 5.21.